The summed E-state index contributed by atoms with van der Waals surface area (Å²) < 4.78 is 5.06. The highest BCUT2D eigenvalue weighted by Crippen LogP contribution is 2.21. The number of halogens is 1. The zero-order valence-corrected chi connectivity index (χ0v) is 14.7. The van der Waals surface area contributed by atoms with E-state index in [9.17, 15) is 9.59 Å². The molecule has 0 radical (unpaired) electrons. The second-order valence-corrected chi connectivity index (χ2v) is 5.41. The van der Waals surface area contributed by atoms with Gasteiger partial charge in [-0.15, -0.1) is 12.4 Å². The van der Waals surface area contributed by atoms with Gasteiger partial charge in [0.15, 0.2) is 5.76 Å². The smallest absolute Gasteiger partial charge is 0.291 e. The van der Waals surface area contributed by atoms with Gasteiger partial charge in [-0.1, -0.05) is 6.92 Å². The zero-order valence-electron chi connectivity index (χ0n) is 13.9. The number of rotatable bonds is 6. The van der Waals surface area contributed by atoms with Gasteiger partial charge in [-0.05, 0) is 49.9 Å². The van der Waals surface area contributed by atoms with E-state index in [1.165, 1.54) is 6.26 Å². The molecule has 1 aromatic heterocycles. The van der Waals surface area contributed by atoms with Crippen LogP contribution in [-0.2, 0) is 4.79 Å². The van der Waals surface area contributed by atoms with Gasteiger partial charge in [0.05, 0.1) is 6.26 Å². The van der Waals surface area contributed by atoms with E-state index in [1.54, 1.807) is 24.3 Å². The molecular formula is C17H22ClN3O3. The lowest BCUT2D eigenvalue weighted by Crippen LogP contribution is -2.28. The minimum Gasteiger partial charge on any atom is -0.459 e. The highest BCUT2D eigenvalue weighted by molar-refractivity contribution is 6.03. The monoisotopic (exact) mass is 351 g/mol. The zero-order chi connectivity index (χ0) is 16.8. The third-order valence-electron chi connectivity index (χ3n) is 3.45. The molecule has 0 spiro atoms. The third kappa shape index (κ3) is 5.11. The molecule has 2 rings (SSSR count). The van der Waals surface area contributed by atoms with Gasteiger partial charge in [0.25, 0.3) is 5.91 Å². The van der Waals surface area contributed by atoms with Gasteiger partial charge in [-0.3, -0.25) is 9.59 Å². The molecule has 1 atom stereocenters. The van der Waals surface area contributed by atoms with E-state index in [0.717, 1.165) is 5.56 Å². The van der Waals surface area contributed by atoms with Crippen molar-refractivity contribution < 1.29 is 14.0 Å². The Morgan fingerprint density at radius 2 is 1.96 bits per heavy atom. The van der Waals surface area contributed by atoms with Crippen LogP contribution in [0, 0.1) is 12.8 Å². The lowest BCUT2D eigenvalue weighted by molar-refractivity contribution is -0.119. The number of hydrogen-bond donors (Lipinski definition) is 3. The van der Waals surface area contributed by atoms with E-state index >= 15 is 0 Å². The van der Waals surface area contributed by atoms with E-state index in [1.807, 2.05) is 27.0 Å². The van der Waals surface area contributed by atoms with Crippen molar-refractivity contribution in [1.82, 2.24) is 5.32 Å². The van der Waals surface area contributed by atoms with Crippen LogP contribution < -0.4 is 16.0 Å². The topological polar surface area (TPSA) is 83.4 Å². The Morgan fingerprint density at radius 3 is 2.54 bits per heavy atom. The summed E-state index contributed by atoms with van der Waals surface area (Å²) in [5.41, 5.74) is 2.23. The first-order valence-electron chi connectivity index (χ1n) is 7.42. The van der Waals surface area contributed by atoms with Gasteiger partial charge in [0, 0.05) is 23.8 Å². The predicted octanol–water partition coefficient (Wildman–Crippen LogP) is 3.06. The maximum absolute atomic E-state index is 12.0. The Labute approximate surface area is 147 Å². The summed E-state index contributed by atoms with van der Waals surface area (Å²) in [6.07, 6.45) is 1.45. The van der Waals surface area contributed by atoms with Crippen molar-refractivity contribution in [2.24, 2.45) is 5.92 Å². The fraction of sp³-hybridized carbons (Fsp3) is 0.294. The predicted molar refractivity (Wildman–Crippen MR) is 96.8 cm³/mol. The van der Waals surface area contributed by atoms with Crippen molar-refractivity contribution in [1.29, 1.82) is 0 Å². The number of furan rings is 1. The van der Waals surface area contributed by atoms with Crippen molar-refractivity contribution in [3.8, 4) is 0 Å². The molecule has 0 saturated carbocycles. The summed E-state index contributed by atoms with van der Waals surface area (Å²) >= 11 is 0. The lowest BCUT2D eigenvalue weighted by atomic mass is 10.1. The SMILES string of the molecule is CNCC(C)C(=O)Nc1ccc(NC(=O)c2ccco2)c(C)c1.Cl. The molecule has 130 valence electrons. The van der Waals surface area contributed by atoms with Crippen LogP contribution in [0.15, 0.2) is 41.0 Å². The van der Waals surface area contributed by atoms with Gasteiger partial charge in [0.1, 0.15) is 0 Å². The molecule has 2 aromatic rings. The molecule has 0 fully saturated rings. The molecule has 0 bridgehead atoms. The molecule has 2 amide bonds. The van der Waals surface area contributed by atoms with Crippen molar-refractivity contribution in [2.75, 3.05) is 24.2 Å². The van der Waals surface area contributed by atoms with Gasteiger partial charge in [0.2, 0.25) is 5.91 Å². The van der Waals surface area contributed by atoms with Crippen LogP contribution in [0.3, 0.4) is 0 Å². The number of amides is 2. The van der Waals surface area contributed by atoms with Crippen molar-refractivity contribution in [3.05, 3.63) is 47.9 Å². The molecular weight excluding hydrogens is 330 g/mol. The fourth-order valence-electron chi connectivity index (χ4n) is 2.14. The molecule has 3 N–H and O–H groups in total. The summed E-state index contributed by atoms with van der Waals surface area (Å²) in [7, 11) is 1.81. The first kappa shape index (κ1) is 19.7. The van der Waals surface area contributed by atoms with Crippen LogP contribution in [0.5, 0.6) is 0 Å². The molecule has 0 aliphatic carbocycles. The van der Waals surface area contributed by atoms with Crippen LogP contribution in [0.25, 0.3) is 0 Å². The number of benzene rings is 1. The highest BCUT2D eigenvalue weighted by Gasteiger charge is 2.13. The second-order valence-electron chi connectivity index (χ2n) is 5.41. The first-order chi connectivity index (χ1) is 11.0. The van der Waals surface area contributed by atoms with E-state index in [4.69, 9.17) is 4.42 Å². The third-order valence-corrected chi connectivity index (χ3v) is 3.45. The summed E-state index contributed by atoms with van der Waals surface area (Å²) in [5, 5.41) is 8.62. The van der Waals surface area contributed by atoms with E-state index in [2.05, 4.69) is 16.0 Å². The van der Waals surface area contributed by atoms with Crippen molar-refractivity contribution >= 4 is 35.6 Å². The Kier molecular flexibility index (Phi) is 7.48. The van der Waals surface area contributed by atoms with E-state index in [-0.39, 0.29) is 35.9 Å². The van der Waals surface area contributed by atoms with Crippen LogP contribution in [0.2, 0.25) is 0 Å². The molecule has 1 heterocycles. The highest BCUT2D eigenvalue weighted by atomic mass is 35.5. The van der Waals surface area contributed by atoms with Crippen LogP contribution in [-0.4, -0.2) is 25.4 Å². The summed E-state index contributed by atoms with van der Waals surface area (Å²) in [5.74, 6) is -0.232. The molecule has 0 aliphatic rings. The van der Waals surface area contributed by atoms with E-state index in [0.29, 0.717) is 17.9 Å². The molecule has 24 heavy (non-hydrogen) atoms. The molecule has 6 nitrogen and oxygen atoms in total. The molecule has 1 aromatic carbocycles. The second kappa shape index (κ2) is 9.10. The number of carbonyl (C=O) groups excluding carboxylic acids is 2. The van der Waals surface area contributed by atoms with Gasteiger partial charge < -0.3 is 20.4 Å². The summed E-state index contributed by atoms with van der Waals surface area (Å²) in [6.45, 7) is 4.34. The van der Waals surface area contributed by atoms with Crippen molar-refractivity contribution in [2.45, 2.75) is 13.8 Å². The fourth-order valence-corrected chi connectivity index (χ4v) is 2.14. The summed E-state index contributed by atoms with van der Waals surface area (Å²) in [4.78, 5) is 24.0. The standard InChI is InChI=1S/C17H21N3O3.ClH/c1-11-9-13(19-16(21)12(2)10-18-3)6-7-14(11)20-17(22)15-5-4-8-23-15;/h4-9,12,18H,10H2,1-3H3,(H,19,21)(H,20,22);1H. The van der Waals surface area contributed by atoms with Crippen molar-refractivity contribution in [3.63, 3.8) is 0 Å². The van der Waals surface area contributed by atoms with E-state index < -0.39 is 0 Å². The minimum atomic E-state index is -0.308. The number of nitrogens with one attached hydrogen (secondary N) is 3. The first-order valence-corrected chi connectivity index (χ1v) is 7.42. The minimum absolute atomic E-state index is 0. The number of carbonyl (C=O) groups is 2. The van der Waals surface area contributed by atoms with Gasteiger partial charge in [-0.2, -0.15) is 0 Å². The molecule has 1 unspecified atom stereocenters. The average Bonchev–Trinajstić information content (AvgIpc) is 3.04. The number of hydrogen-bond acceptors (Lipinski definition) is 4. The van der Waals surface area contributed by atoms with Crippen LogP contribution >= 0.6 is 12.4 Å². The molecule has 0 aliphatic heterocycles. The van der Waals surface area contributed by atoms with Gasteiger partial charge in [-0.25, -0.2) is 0 Å². The average molecular weight is 352 g/mol. The van der Waals surface area contributed by atoms with Crippen LogP contribution in [0.1, 0.15) is 23.0 Å². The summed E-state index contributed by atoms with van der Waals surface area (Å²) in [6, 6.07) is 8.60. The Bertz CT molecular complexity index is 686. The Morgan fingerprint density at radius 1 is 1.21 bits per heavy atom. The maximum atomic E-state index is 12.0. The maximum Gasteiger partial charge on any atom is 0.291 e. The molecule has 7 heteroatoms. The Balaban J connectivity index is 0.00000288. The largest absolute Gasteiger partial charge is 0.459 e. The van der Waals surface area contributed by atoms with Crippen LogP contribution in [0.4, 0.5) is 11.4 Å². The number of aryl methyl sites for hydroxylation is 1. The lowest BCUT2D eigenvalue weighted by Gasteiger charge is -2.13. The quantitative estimate of drug-likeness (QED) is 0.747. The number of anilines is 2. The Hall–Kier alpha value is -2.31. The van der Waals surface area contributed by atoms with Gasteiger partial charge >= 0.3 is 0 Å². The molecule has 0 saturated heterocycles. The normalized spacial score (nSPS) is 11.3.